The van der Waals surface area contributed by atoms with E-state index in [0.29, 0.717) is 28.5 Å². The Morgan fingerprint density at radius 1 is 0.697 bits per heavy atom. The van der Waals surface area contributed by atoms with E-state index in [1.807, 2.05) is 0 Å². The van der Waals surface area contributed by atoms with Crippen molar-refractivity contribution in [1.29, 1.82) is 0 Å². The highest BCUT2D eigenvalue weighted by atomic mass is 16.5. The molecule has 1 aromatic carbocycles. The van der Waals surface area contributed by atoms with Crippen molar-refractivity contribution in [1.82, 2.24) is 9.13 Å². The first-order chi connectivity index (χ1) is 15.6. The Balaban J connectivity index is 2.56. The zero-order valence-corrected chi connectivity index (χ0v) is 19.7. The summed E-state index contributed by atoms with van der Waals surface area (Å²) < 4.78 is 19.1. The van der Waals surface area contributed by atoms with Gasteiger partial charge in [-0.2, -0.15) is 0 Å². The first kappa shape index (κ1) is 23.8. The molecule has 3 rings (SSSR count). The van der Waals surface area contributed by atoms with E-state index >= 15 is 0 Å². The monoisotopic (exact) mass is 456 g/mol. The summed E-state index contributed by atoms with van der Waals surface area (Å²) in [5, 5.41) is 21.8. The van der Waals surface area contributed by atoms with Gasteiger partial charge in [0.15, 0.2) is 11.5 Å². The molecule has 176 valence electrons. The van der Waals surface area contributed by atoms with Crippen LogP contribution in [0.5, 0.6) is 28.7 Å². The van der Waals surface area contributed by atoms with Crippen LogP contribution in [0.1, 0.15) is 34.0 Å². The van der Waals surface area contributed by atoms with Gasteiger partial charge in [-0.1, -0.05) is 0 Å². The van der Waals surface area contributed by atoms with E-state index in [0.717, 1.165) is 0 Å². The van der Waals surface area contributed by atoms with Crippen LogP contribution < -0.4 is 25.3 Å². The van der Waals surface area contributed by atoms with Crippen molar-refractivity contribution in [3.63, 3.8) is 0 Å². The molecule has 0 bridgehead atoms. The maximum atomic E-state index is 13.4. The summed E-state index contributed by atoms with van der Waals surface area (Å²) >= 11 is 0. The molecule has 2 heterocycles. The normalized spacial score (nSPS) is 11.0. The average molecular weight is 456 g/mol. The molecule has 0 aliphatic rings. The van der Waals surface area contributed by atoms with Gasteiger partial charge >= 0.3 is 0 Å². The standard InChI is InChI=1S/C24H28N2O7/c1-12-8-15(27)21(23(29)25(12)3)20(22-16(28)9-13(2)26(4)24(22)30)14-10-18(32-6)19(33-7)11-17(14)31-5/h8-11,20,27-28H,1-7H3. The van der Waals surface area contributed by atoms with Crippen LogP contribution in [0.2, 0.25) is 0 Å². The molecular formula is C24H28N2O7. The first-order valence-corrected chi connectivity index (χ1v) is 10.2. The fourth-order valence-electron chi connectivity index (χ4n) is 3.92. The Bertz CT molecular complexity index is 1270. The lowest BCUT2D eigenvalue weighted by Crippen LogP contribution is -2.31. The minimum absolute atomic E-state index is 0.0788. The molecule has 0 saturated heterocycles. The number of rotatable bonds is 6. The van der Waals surface area contributed by atoms with E-state index in [9.17, 15) is 19.8 Å². The Labute approximate surface area is 191 Å². The second kappa shape index (κ2) is 8.93. The highest BCUT2D eigenvalue weighted by Gasteiger charge is 2.33. The second-order valence-corrected chi connectivity index (χ2v) is 7.78. The van der Waals surface area contributed by atoms with Crippen molar-refractivity contribution in [2.45, 2.75) is 19.8 Å². The largest absolute Gasteiger partial charge is 0.507 e. The molecule has 3 aromatic rings. The highest BCUT2D eigenvalue weighted by molar-refractivity contribution is 5.60. The predicted octanol–water partition coefficient (Wildman–Crippen LogP) is 2.32. The lowest BCUT2D eigenvalue weighted by Gasteiger charge is -2.24. The summed E-state index contributed by atoms with van der Waals surface area (Å²) in [5.74, 6) is -0.803. The van der Waals surface area contributed by atoms with Crippen molar-refractivity contribution in [2.75, 3.05) is 21.3 Å². The van der Waals surface area contributed by atoms with Gasteiger partial charge in [-0.15, -0.1) is 0 Å². The average Bonchev–Trinajstić information content (AvgIpc) is 2.79. The van der Waals surface area contributed by atoms with E-state index in [1.165, 1.54) is 42.6 Å². The number of methoxy groups -OCH3 is 3. The van der Waals surface area contributed by atoms with E-state index in [1.54, 1.807) is 40.1 Å². The Kier molecular flexibility index (Phi) is 6.44. The number of hydrogen-bond acceptors (Lipinski definition) is 7. The second-order valence-electron chi connectivity index (χ2n) is 7.78. The van der Waals surface area contributed by atoms with Gasteiger partial charge in [-0.25, -0.2) is 0 Å². The fourth-order valence-corrected chi connectivity index (χ4v) is 3.92. The minimum atomic E-state index is -1.17. The van der Waals surface area contributed by atoms with Gasteiger partial charge in [-0.05, 0) is 32.0 Å². The van der Waals surface area contributed by atoms with Crippen molar-refractivity contribution >= 4 is 0 Å². The van der Waals surface area contributed by atoms with Crippen LogP contribution in [0.4, 0.5) is 0 Å². The van der Waals surface area contributed by atoms with E-state index in [2.05, 4.69) is 0 Å². The molecule has 2 N–H and O–H groups in total. The minimum Gasteiger partial charge on any atom is -0.507 e. The first-order valence-electron chi connectivity index (χ1n) is 10.2. The maximum absolute atomic E-state index is 13.4. The van der Waals surface area contributed by atoms with Crippen LogP contribution in [0.15, 0.2) is 33.9 Å². The molecule has 0 unspecified atom stereocenters. The molecule has 0 spiro atoms. The summed E-state index contributed by atoms with van der Waals surface area (Å²) in [6.45, 7) is 3.36. The molecule has 0 aliphatic heterocycles. The number of ether oxygens (including phenoxy) is 3. The number of aromatic hydroxyl groups is 2. The third-order valence-electron chi connectivity index (χ3n) is 6.00. The van der Waals surface area contributed by atoms with Gasteiger partial charge < -0.3 is 33.6 Å². The maximum Gasteiger partial charge on any atom is 0.258 e. The molecule has 0 amide bonds. The van der Waals surface area contributed by atoms with Gasteiger partial charge in [0.05, 0.1) is 38.4 Å². The Hall–Kier alpha value is -3.88. The summed E-state index contributed by atoms with van der Waals surface area (Å²) in [6, 6.07) is 6.01. The van der Waals surface area contributed by atoms with Crippen LogP contribution in [0.25, 0.3) is 0 Å². The number of hydrogen-bond donors (Lipinski definition) is 2. The van der Waals surface area contributed by atoms with Crippen molar-refractivity contribution in [3.8, 4) is 28.7 Å². The van der Waals surface area contributed by atoms with Crippen LogP contribution in [-0.4, -0.2) is 40.7 Å². The molecule has 0 radical (unpaired) electrons. The Morgan fingerprint density at radius 2 is 1.09 bits per heavy atom. The Morgan fingerprint density at radius 3 is 1.48 bits per heavy atom. The van der Waals surface area contributed by atoms with Crippen molar-refractivity contribution < 1.29 is 24.4 Å². The van der Waals surface area contributed by atoms with Gasteiger partial charge in [0.2, 0.25) is 0 Å². The number of aromatic nitrogens is 2. The predicted molar refractivity (Wildman–Crippen MR) is 123 cm³/mol. The molecule has 0 aliphatic carbocycles. The van der Waals surface area contributed by atoms with E-state index in [4.69, 9.17) is 14.2 Å². The number of benzene rings is 1. The third-order valence-corrected chi connectivity index (χ3v) is 6.00. The van der Waals surface area contributed by atoms with Gasteiger partial charge in [0, 0.05) is 37.1 Å². The topological polar surface area (TPSA) is 112 Å². The van der Waals surface area contributed by atoms with Crippen LogP contribution in [-0.2, 0) is 14.1 Å². The van der Waals surface area contributed by atoms with Gasteiger partial charge in [0.1, 0.15) is 17.2 Å². The lowest BCUT2D eigenvalue weighted by molar-refractivity contribution is 0.347. The van der Waals surface area contributed by atoms with Crippen LogP contribution >= 0.6 is 0 Å². The highest BCUT2D eigenvalue weighted by Crippen LogP contribution is 2.45. The molecular weight excluding hydrogens is 428 g/mol. The lowest BCUT2D eigenvalue weighted by atomic mass is 9.84. The van der Waals surface area contributed by atoms with Crippen LogP contribution in [0, 0.1) is 13.8 Å². The summed E-state index contributed by atoms with van der Waals surface area (Å²) in [4.78, 5) is 26.7. The van der Waals surface area contributed by atoms with E-state index in [-0.39, 0.29) is 28.4 Å². The summed E-state index contributed by atoms with van der Waals surface area (Å²) in [5.41, 5.74) is 0.200. The van der Waals surface area contributed by atoms with Gasteiger partial charge in [0.25, 0.3) is 11.1 Å². The molecule has 0 saturated carbocycles. The quantitative estimate of drug-likeness (QED) is 0.585. The molecule has 9 heteroatoms. The van der Waals surface area contributed by atoms with E-state index < -0.39 is 17.0 Å². The fraction of sp³-hybridized carbons (Fsp3) is 0.333. The third kappa shape index (κ3) is 3.90. The number of pyridine rings is 2. The zero-order valence-electron chi connectivity index (χ0n) is 19.7. The summed E-state index contributed by atoms with van der Waals surface area (Å²) in [7, 11) is 7.49. The van der Waals surface area contributed by atoms with Crippen molar-refractivity contribution in [3.05, 3.63) is 73.1 Å². The number of aryl methyl sites for hydroxylation is 2. The molecule has 9 nitrogen and oxygen atoms in total. The molecule has 0 fully saturated rings. The summed E-state index contributed by atoms with van der Waals surface area (Å²) in [6.07, 6.45) is 0. The van der Waals surface area contributed by atoms with Gasteiger partial charge in [-0.3, -0.25) is 9.59 Å². The smallest absolute Gasteiger partial charge is 0.258 e. The van der Waals surface area contributed by atoms with Crippen molar-refractivity contribution in [2.24, 2.45) is 14.1 Å². The SMILES string of the molecule is COc1cc(OC)c(C(c2c(O)cc(C)n(C)c2=O)c2c(O)cc(C)n(C)c2=O)cc1OC. The number of nitrogens with zero attached hydrogens (tertiary/aromatic N) is 2. The molecule has 2 aromatic heterocycles. The van der Waals surface area contributed by atoms with Crippen LogP contribution in [0.3, 0.4) is 0 Å². The molecule has 33 heavy (non-hydrogen) atoms. The zero-order chi connectivity index (χ0) is 24.6. The molecule has 0 atom stereocenters.